The molecule has 1 amide bonds. The second kappa shape index (κ2) is 9.12. The molecular weight excluding hydrogens is 434 g/mol. The summed E-state index contributed by atoms with van der Waals surface area (Å²) in [6.45, 7) is 7.07. The average Bonchev–Trinajstić information content (AvgIpc) is 2.73. The lowest BCUT2D eigenvalue weighted by Crippen LogP contribution is -2.44. The number of rotatable bonds is 6. The highest BCUT2D eigenvalue weighted by atomic mass is 35.5. The number of ether oxygens (including phenoxy) is 1. The molecule has 162 valence electrons. The number of amides is 1. The summed E-state index contributed by atoms with van der Waals surface area (Å²) in [5.74, 6) is -0.252. The van der Waals surface area contributed by atoms with Crippen molar-refractivity contribution in [1.82, 2.24) is 0 Å². The zero-order chi connectivity index (χ0) is 22.8. The quantitative estimate of drug-likeness (QED) is 0.493. The molecule has 3 rings (SSSR count). The molecule has 0 bridgehead atoms. The van der Waals surface area contributed by atoms with Crippen molar-refractivity contribution in [2.24, 2.45) is 0 Å². The van der Waals surface area contributed by atoms with Gasteiger partial charge in [0.1, 0.15) is 5.75 Å². The number of aryl methyl sites for hydroxylation is 3. The van der Waals surface area contributed by atoms with Crippen LogP contribution in [0.4, 0.5) is 5.69 Å². The van der Waals surface area contributed by atoms with Gasteiger partial charge in [0.15, 0.2) is 6.10 Å². The zero-order valence-electron chi connectivity index (χ0n) is 17.8. The topological polar surface area (TPSA) is 63.7 Å². The Morgan fingerprint density at radius 3 is 2.03 bits per heavy atom. The minimum Gasteiger partial charge on any atom is -0.481 e. The first kappa shape index (κ1) is 22.8. The number of carbonyl (C=O) groups excluding carboxylic acids is 1. The Kier molecular flexibility index (Phi) is 6.72. The fourth-order valence-electron chi connectivity index (χ4n) is 3.16. The Balaban J connectivity index is 2.00. The lowest BCUT2D eigenvalue weighted by Gasteiger charge is -2.26. The lowest BCUT2D eigenvalue weighted by atomic mass is 10.1. The van der Waals surface area contributed by atoms with Crippen LogP contribution in [0.5, 0.6) is 5.75 Å². The van der Waals surface area contributed by atoms with E-state index in [-0.39, 0.29) is 10.6 Å². The van der Waals surface area contributed by atoms with Crippen LogP contribution in [0.3, 0.4) is 0 Å². The van der Waals surface area contributed by atoms with Crippen LogP contribution < -0.4 is 9.04 Å². The number of nitrogens with zero attached hydrogens (tertiary/aromatic N) is 1. The van der Waals surface area contributed by atoms with Crippen LogP contribution in [0.1, 0.15) is 23.6 Å². The summed E-state index contributed by atoms with van der Waals surface area (Å²) in [7, 11) is -4.15. The molecule has 0 aliphatic rings. The van der Waals surface area contributed by atoms with Crippen LogP contribution in [-0.2, 0) is 14.8 Å². The predicted octanol–water partition coefficient (Wildman–Crippen LogP) is 5.45. The van der Waals surface area contributed by atoms with E-state index < -0.39 is 22.0 Å². The molecule has 1 unspecified atom stereocenters. The number of anilines is 1. The Morgan fingerprint density at radius 2 is 1.48 bits per heavy atom. The van der Waals surface area contributed by atoms with E-state index in [2.05, 4.69) is 0 Å². The number of para-hydroxylation sites is 1. The van der Waals surface area contributed by atoms with E-state index in [1.165, 1.54) is 19.1 Å². The molecule has 0 saturated carbocycles. The maximum atomic E-state index is 13.4. The number of hydrogen-bond acceptors (Lipinski definition) is 4. The average molecular weight is 458 g/mol. The highest BCUT2D eigenvalue weighted by molar-refractivity contribution is 7.93. The molecule has 0 fully saturated rings. The highest BCUT2D eigenvalue weighted by Crippen LogP contribution is 2.29. The lowest BCUT2D eigenvalue weighted by molar-refractivity contribution is -0.123. The van der Waals surface area contributed by atoms with Crippen LogP contribution in [0.25, 0.3) is 0 Å². The normalized spacial score (nSPS) is 12.3. The van der Waals surface area contributed by atoms with Crippen LogP contribution in [0.15, 0.2) is 71.6 Å². The molecule has 0 aliphatic heterocycles. The third-order valence-corrected chi connectivity index (χ3v) is 7.16. The SMILES string of the molecule is Cc1ccc(S(=O)(=O)N(C(=O)C(C)Oc2cc(C)c(Cl)c(C)c2)c2ccccc2)cc1. The standard InChI is InChI=1S/C24H24ClNO4S/c1-16-10-12-22(13-11-16)31(28,29)26(20-8-6-5-7-9-20)24(27)19(4)30-21-14-17(2)23(25)18(3)15-21/h5-15,19H,1-4H3. The van der Waals surface area contributed by atoms with Gasteiger partial charge in [-0.3, -0.25) is 4.79 Å². The van der Waals surface area contributed by atoms with Gasteiger partial charge in [-0.2, -0.15) is 4.31 Å². The van der Waals surface area contributed by atoms with E-state index in [1.807, 2.05) is 20.8 Å². The van der Waals surface area contributed by atoms with E-state index in [9.17, 15) is 13.2 Å². The fraction of sp³-hybridized carbons (Fsp3) is 0.208. The van der Waals surface area contributed by atoms with Crippen molar-refractivity contribution in [3.8, 4) is 5.75 Å². The Bertz CT molecular complexity index is 1170. The van der Waals surface area contributed by atoms with E-state index >= 15 is 0 Å². The van der Waals surface area contributed by atoms with Gasteiger partial charge in [-0.05, 0) is 75.2 Å². The third kappa shape index (κ3) is 4.92. The summed E-state index contributed by atoms with van der Waals surface area (Å²) < 4.78 is 33.5. The van der Waals surface area contributed by atoms with Crippen molar-refractivity contribution in [2.75, 3.05) is 4.31 Å². The van der Waals surface area contributed by atoms with Crippen molar-refractivity contribution in [2.45, 2.75) is 38.7 Å². The minimum absolute atomic E-state index is 0.0284. The Hall–Kier alpha value is -2.83. The van der Waals surface area contributed by atoms with Gasteiger partial charge >= 0.3 is 0 Å². The predicted molar refractivity (Wildman–Crippen MR) is 123 cm³/mol. The molecule has 0 spiro atoms. The van der Waals surface area contributed by atoms with Gasteiger partial charge in [0, 0.05) is 5.02 Å². The van der Waals surface area contributed by atoms with Crippen molar-refractivity contribution < 1.29 is 17.9 Å². The van der Waals surface area contributed by atoms with Crippen molar-refractivity contribution >= 4 is 33.2 Å². The van der Waals surface area contributed by atoms with Gasteiger partial charge < -0.3 is 4.74 Å². The maximum absolute atomic E-state index is 13.4. The molecule has 0 radical (unpaired) electrons. The monoisotopic (exact) mass is 457 g/mol. The zero-order valence-corrected chi connectivity index (χ0v) is 19.4. The van der Waals surface area contributed by atoms with Crippen molar-refractivity contribution in [3.05, 3.63) is 88.4 Å². The van der Waals surface area contributed by atoms with Gasteiger partial charge in [0.05, 0.1) is 10.6 Å². The third-order valence-electron chi connectivity index (χ3n) is 4.82. The van der Waals surface area contributed by atoms with Crippen LogP contribution in [-0.4, -0.2) is 20.4 Å². The first-order chi connectivity index (χ1) is 14.6. The minimum atomic E-state index is -4.15. The van der Waals surface area contributed by atoms with Crippen molar-refractivity contribution in [1.29, 1.82) is 0 Å². The number of benzene rings is 3. The molecule has 0 saturated heterocycles. The number of hydrogen-bond donors (Lipinski definition) is 0. The molecule has 1 atom stereocenters. The molecule has 0 aliphatic carbocycles. The molecule has 5 nitrogen and oxygen atoms in total. The Morgan fingerprint density at radius 1 is 0.935 bits per heavy atom. The summed E-state index contributed by atoms with van der Waals surface area (Å²) in [6.07, 6.45) is -1.06. The van der Waals surface area contributed by atoms with Gasteiger partial charge in [0.2, 0.25) is 0 Å². The second-order valence-corrected chi connectivity index (χ2v) is 9.55. The molecule has 3 aromatic rings. The molecule has 7 heteroatoms. The van der Waals surface area contributed by atoms with Gasteiger partial charge in [-0.25, -0.2) is 8.42 Å². The summed E-state index contributed by atoms with van der Waals surface area (Å²) >= 11 is 6.21. The molecule has 0 aromatic heterocycles. The first-order valence-corrected chi connectivity index (χ1v) is 11.6. The summed E-state index contributed by atoms with van der Waals surface area (Å²) in [5.41, 5.74) is 2.78. The molecule has 0 N–H and O–H groups in total. The van der Waals surface area contributed by atoms with Gasteiger partial charge in [-0.15, -0.1) is 0 Å². The van der Waals surface area contributed by atoms with Crippen LogP contribution in [0.2, 0.25) is 5.02 Å². The summed E-state index contributed by atoms with van der Waals surface area (Å²) in [5, 5.41) is 0.624. The summed E-state index contributed by atoms with van der Waals surface area (Å²) in [6, 6.07) is 18.1. The second-order valence-electron chi connectivity index (χ2n) is 7.39. The molecule has 31 heavy (non-hydrogen) atoms. The first-order valence-electron chi connectivity index (χ1n) is 9.75. The number of sulfonamides is 1. The van der Waals surface area contributed by atoms with E-state index in [4.69, 9.17) is 16.3 Å². The highest BCUT2D eigenvalue weighted by Gasteiger charge is 2.34. The van der Waals surface area contributed by atoms with E-state index in [0.29, 0.717) is 10.8 Å². The Labute approximate surface area is 188 Å². The van der Waals surface area contributed by atoms with Crippen LogP contribution in [0, 0.1) is 20.8 Å². The van der Waals surface area contributed by atoms with Crippen LogP contribution >= 0.6 is 11.6 Å². The van der Waals surface area contributed by atoms with E-state index in [1.54, 1.807) is 54.6 Å². The number of halogens is 1. The summed E-state index contributed by atoms with van der Waals surface area (Å²) in [4.78, 5) is 13.4. The van der Waals surface area contributed by atoms with Gasteiger partial charge in [0.25, 0.3) is 15.9 Å². The van der Waals surface area contributed by atoms with Gasteiger partial charge in [-0.1, -0.05) is 47.5 Å². The number of carbonyl (C=O) groups is 1. The smallest absolute Gasteiger partial charge is 0.281 e. The maximum Gasteiger partial charge on any atom is 0.281 e. The molecule has 0 heterocycles. The fourth-order valence-corrected chi connectivity index (χ4v) is 4.74. The largest absolute Gasteiger partial charge is 0.481 e. The molecular formula is C24H24ClNO4S. The van der Waals surface area contributed by atoms with E-state index in [0.717, 1.165) is 21.0 Å². The van der Waals surface area contributed by atoms with Crippen molar-refractivity contribution in [3.63, 3.8) is 0 Å². The molecule has 3 aromatic carbocycles.